The molecule has 8 heteroatoms. The molecule has 1 atom stereocenters. The number of urea groups is 1. The van der Waals surface area contributed by atoms with Gasteiger partial charge in [-0.25, -0.2) is 4.79 Å². The van der Waals surface area contributed by atoms with E-state index in [2.05, 4.69) is 5.32 Å². The van der Waals surface area contributed by atoms with Crippen LogP contribution in [0, 0.1) is 0 Å². The lowest BCUT2D eigenvalue weighted by Gasteiger charge is -2.40. The van der Waals surface area contributed by atoms with E-state index in [1.54, 1.807) is 21.6 Å². The van der Waals surface area contributed by atoms with Crippen molar-refractivity contribution in [2.24, 2.45) is 0 Å². The SMILES string of the molecule is CSc1ccccc1N1C(=O)CN(C(=O)Cc2ccc(N3CCNC3=O)cc2)C[C@H]1C. The van der Waals surface area contributed by atoms with Crippen LogP contribution in [0.2, 0.25) is 0 Å². The van der Waals surface area contributed by atoms with E-state index in [1.807, 2.05) is 66.6 Å². The molecule has 2 heterocycles. The summed E-state index contributed by atoms with van der Waals surface area (Å²) >= 11 is 1.61. The minimum Gasteiger partial charge on any atom is -0.336 e. The van der Waals surface area contributed by atoms with Gasteiger partial charge in [0.15, 0.2) is 0 Å². The zero-order valence-electron chi connectivity index (χ0n) is 17.7. The Morgan fingerprint density at radius 2 is 1.87 bits per heavy atom. The van der Waals surface area contributed by atoms with Crippen LogP contribution in [0.15, 0.2) is 53.4 Å². The molecule has 2 aromatic carbocycles. The van der Waals surface area contributed by atoms with Crippen LogP contribution in [0.25, 0.3) is 0 Å². The van der Waals surface area contributed by atoms with Gasteiger partial charge in [0.1, 0.15) is 6.54 Å². The maximum absolute atomic E-state index is 12.9. The molecule has 0 saturated carbocycles. The van der Waals surface area contributed by atoms with E-state index in [0.717, 1.165) is 21.8 Å². The number of anilines is 2. The molecule has 2 fully saturated rings. The van der Waals surface area contributed by atoms with Gasteiger partial charge in [0.05, 0.1) is 18.2 Å². The van der Waals surface area contributed by atoms with Crippen molar-refractivity contribution in [1.82, 2.24) is 10.2 Å². The molecular weight excluding hydrogens is 412 g/mol. The lowest BCUT2D eigenvalue weighted by molar-refractivity contribution is -0.137. The summed E-state index contributed by atoms with van der Waals surface area (Å²) in [6, 6.07) is 15.1. The van der Waals surface area contributed by atoms with Crippen LogP contribution < -0.4 is 15.1 Å². The molecule has 2 aliphatic heterocycles. The Morgan fingerprint density at radius 3 is 2.52 bits per heavy atom. The minimum absolute atomic E-state index is 0.0651. The van der Waals surface area contributed by atoms with Gasteiger partial charge in [-0.3, -0.25) is 14.5 Å². The molecule has 1 N–H and O–H groups in total. The molecule has 2 aliphatic rings. The number of nitrogens with zero attached hydrogens (tertiary/aromatic N) is 3. The van der Waals surface area contributed by atoms with Gasteiger partial charge in [-0.2, -0.15) is 0 Å². The van der Waals surface area contributed by atoms with E-state index in [1.165, 1.54) is 0 Å². The van der Waals surface area contributed by atoms with Crippen molar-refractivity contribution >= 4 is 41.0 Å². The Bertz CT molecular complexity index is 995. The largest absolute Gasteiger partial charge is 0.336 e. The number of piperazine rings is 1. The fraction of sp³-hybridized carbons (Fsp3) is 0.348. The molecule has 0 aliphatic carbocycles. The number of amides is 4. The topological polar surface area (TPSA) is 73.0 Å². The molecule has 31 heavy (non-hydrogen) atoms. The molecular formula is C23H26N4O3S. The van der Waals surface area contributed by atoms with Crippen molar-refractivity contribution in [3.63, 3.8) is 0 Å². The number of hydrogen-bond donors (Lipinski definition) is 1. The number of rotatable bonds is 5. The van der Waals surface area contributed by atoms with E-state index in [9.17, 15) is 14.4 Å². The van der Waals surface area contributed by atoms with Gasteiger partial charge < -0.3 is 15.1 Å². The normalized spacial score (nSPS) is 19.0. The summed E-state index contributed by atoms with van der Waals surface area (Å²) in [4.78, 5) is 43.8. The van der Waals surface area contributed by atoms with Gasteiger partial charge in [0.25, 0.3) is 0 Å². The van der Waals surface area contributed by atoms with Gasteiger partial charge in [-0.1, -0.05) is 24.3 Å². The van der Waals surface area contributed by atoms with Gasteiger partial charge in [-0.05, 0) is 43.0 Å². The van der Waals surface area contributed by atoms with Crippen LogP contribution in [-0.4, -0.2) is 61.2 Å². The predicted molar refractivity (Wildman–Crippen MR) is 123 cm³/mol. The van der Waals surface area contributed by atoms with Crippen molar-refractivity contribution in [1.29, 1.82) is 0 Å². The molecule has 4 amide bonds. The molecule has 0 aromatic heterocycles. The summed E-state index contributed by atoms with van der Waals surface area (Å²) in [5.74, 6) is -0.131. The second-order valence-corrected chi connectivity index (χ2v) is 8.63. The van der Waals surface area contributed by atoms with E-state index in [4.69, 9.17) is 0 Å². The Labute approximate surface area is 186 Å². The number of nitrogens with one attached hydrogen (secondary N) is 1. The Morgan fingerprint density at radius 1 is 1.13 bits per heavy atom. The van der Waals surface area contributed by atoms with Crippen LogP contribution in [0.4, 0.5) is 16.2 Å². The minimum atomic E-state index is -0.102. The van der Waals surface area contributed by atoms with Crippen LogP contribution in [0.3, 0.4) is 0 Å². The zero-order chi connectivity index (χ0) is 22.0. The fourth-order valence-electron chi connectivity index (χ4n) is 4.14. The third-order valence-corrected chi connectivity index (χ3v) is 6.46. The summed E-state index contributed by atoms with van der Waals surface area (Å²) in [5.41, 5.74) is 2.58. The second kappa shape index (κ2) is 9.01. The third-order valence-electron chi connectivity index (χ3n) is 5.68. The van der Waals surface area contributed by atoms with E-state index >= 15 is 0 Å². The Balaban J connectivity index is 1.41. The van der Waals surface area contributed by atoms with Crippen molar-refractivity contribution in [2.45, 2.75) is 24.3 Å². The molecule has 0 spiro atoms. The highest BCUT2D eigenvalue weighted by Gasteiger charge is 2.34. The molecule has 0 bridgehead atoms. The Kier molecular flexibility index (Phi) is 6.18. The highest BCUT2D eigenvalue weighted by molar-refractivity contribution is 7.98. The van der Waals surface area contributed by atoms with Crippen molar-refractivity contribution in [3.05, 3.63) is 54.1 Å². The molecule has 7 nitrogen and oxygen atoms in total. The monoisotopic (exact) mass is 438 g/mol. The molecule has 162 valence electrons. The van der Waals surface area contributed by atoms with Crippen LogP contribution in [-0.2, 0) is 16.0 Å². The summed E-state index contributed by atoms with van der Waals surface area (Å²) in [7, 11) is 0. The van der Waals surface area contributed by atoms with Crippen LogP contribution in [0.1, 0.15) is 12.5 Å². The van der Waals surface area contributed by atoms with Crippen molar-refractivity contribution in [2.75, 3.05) is 42.2 Å². The van der Waals surface area contributed by atoms with Crippen LogP contribution in [0.5, 0.6) is 0 Å². The molecule has 0 unspecified atom stereocenters. The average molecular weight is 439 g/mol. The standard InChI is InChI=1S/C23H26N4O3S/c1-16-14-25(15-22(29)27(16)19-5-3-4-6-20(19)31-2)21(28)13-17-7-9-18(10-8-17)26-12-11-24-23(26)30/h3-10,16H,11-15H2,1-2H3,(H,24,30)/t16-/m1/s1. The smallest absolute Gasteiger partial charge is 0.321 e. The quantitative estimate of drug-likeness (QED) is 0.729. The molecule has 4 rings (SSSR count). The average Bonchev–Trinajstić information content (AvgIpc) is 3.20. The summed E-state index contributed by atoms with van der Waals surface area (Å²) < 4.78 is 0. The lowest BCUT2D eigenvalue weighted by atomic mass is 10.1. The first-order chi connectivity index (χ1) is 15.0. The second-order valence-electron chi connectivity index (χ2n) is 7.79. The number of carbonyl (C=O) groups excluding carboxylic acids is 3. The van der Waals surface area contributed by atoms with E-state index in [-0.39, 0.29) is 36.9 Å². The number of carbonyl (C=O) groups is 3. The summed E-state index contributed by atoms with van der Waals surface area (Å²) in [6.07, 6.45) is 2.23. The van der Waals surface area contributed by atoms with Gasteiger partial charge in [-0.15, -0.1) is 11.8 Å². The highest BCUT2D eigenvalue weighted by atomic mass is 32.2. The number of benzene rings is 2. The fourth-order valence-corrected chi connectivity index (χ4v) is 4.73. The third kappa shape index (κ3) is 4.39. The maximum Gasteiger partial charge on any atom is 0.321 e. The van der Waals surface area contributed by atoms with Gasteiger partial charge in [0, 0.05) is 30.2 Å². The zero-order valence-corrected chi connectivity index (χ0v) is 18.5. The Hall–Kier alpha value is -3.00. The number of para-hydroxylation sites is 1. The maximum atomic E-state index is 12.9. The van der Waals surface area contributed by atoms with Gasteiger partial charge in [0.2, 0.25) is 11.8 Å². The first-order valence-corrected chi connectivity index (χ1v) is 11.6. The molecule has 2 aromatic rings. The molecule has 0 radical (unpaired) electrons. The summed E-state index contributed by atoms with van der Waals surface area (Å²) in [6.45, 7) is 3.83. The van der Waals surface area contributed by atoms with Gasteiger partial charge >= 0.3 is 6.03 Å². The summed E-state index contributed by atoms with van der Waals surface area (Å²) in [5, 5.41) is 2.78. The highest BCUT2D eigenvalue weighted by Crippen LogP contribution is 2.31. The van der Waals surface area contributed by atoms with Crippen molar-refractivity contribution < 1.29 is 14.4 Å². The van der Waals surface area contributed by atoms with E-state index in [0.29, 0.717) is 19.6 Å². The molecule has 2 saturated heterocycles. The van der Waals surface area contributed by atoms with E-state index < -0.39 is 0 Å². The lowest BCUT2D eigenvalue weighted by Crippen LogP contribution is -2.57. The first kappa shape index (κ1) is 21.2. The van der Waals surface area contributed by atoms with Crippen molar-refractivity contribution in [3.8, 4) is 0 Å². The van der Waals surface area contributed by atoms with Crippen LogP contribution >= 0.6 is 11.8 Å². The number of thioether (sulfide) groups is 1. The predicted octanol–water partition coefficient (Wildman–Crippen LogP) is 2.74. The first-order valence-electron chi connectivity index (χ1n) is 10.3. The number of hydrogen-bond acceptors (Lipinski definition) is 4.